The van der Waals surface area contributed by atoms with Crippen molar-refractivity contribution in [3.05, 3.63) is 59.7 Å². The number of rotatable bonds is 7. The van der Waals surface area contributed by atoms with E-state index in [1.807, 2.05) is 4.90 Å². The fourth-order valence-electron chi connectivity index (χ4n) is 3.49. The SMILES string of the molecule is CC(=O)c1ccccc1OCC(O)CN1CCN(c2cccc(C(F)(F)F)c2)CC1.Cl. The number of alkyl halides is 3. The molecule has 170 valence electrons. The smallest absolute Gasteiger partial charge is 0.416 e. The third kappa shape index (κ3) is 6.85. The van der Waals surface area contributed by atoms with E-state index in [4.69, 9.17) is 4.74 Å². The van der Waals surface area contributed by atoms with Crippen molar-refractivity contribution in [2.24, 2.45) is 0 Å². The van der Waals surface area contributed by atoms with Crippen molar-refractivity contribution < 1.29 is 27.8 Å². The number of ether oxygens (including phenoxy) is 1. The van der Waals surface area contributed by atoms with Gasteiger partial charge in [0.15, 0.2) is 5.78 Å². The minimum absolute atomic E-state index is 0. The van der Waals surface area contributed by atoms with Crippen LogP contribution in [0.4, 0.5) is 18.9 Å². The second kappa shape index (κ2) is 10.8. The average molecular weight is 459 g/mol. The molecule has 0 radical (unpaired) electrons. The quantitative estimate of drug-likeness (QED) is 0.638. The predicted octanol–water partition coefficient (Wildman–Crippen LogP) is 3.89. The molecule has 2 aromatic carbocycles. The Kier molecular flexibility index (Phi) is 8.73. The van der Waals surface area contributed by atoms with Crippen LogP contribution in [0.1, 0.15) is 22.8 Å². The summed E-state index contributed by atoms with van der Waals surface area (Å²) in [5, 5.41) is 10.3. The van der Waals surface area contributed by atoms with Gasteiger partial charge in [-0.05, 0) is 37.3 Å². The summed E-state index contributed by atoms with van der Waals surface area (Å²) in [4.78, 5) is 15.6. The molecule has 1 aliphatic heterocycles. The molecule has 1 atom stereocenters. The molecule has 0 aliphatic carbocycles. The fraction of sp³-hybridized carbons (Fsp3) is 0.409. The normalized spacial score (nSPS) is 15.8. The lowest BCUT2D eigenvalue weighted by Crippen LogP contribution is -2.49. The number of anilines is 1. The van der Waals surface area contributed by atoms with Crippen LogP contribution in [0.3, 0.4) is 0 Å². The molecule has 0 bridgehead atoms. The third-order valence-corrected chi connectivity index (χ3v) is 5.08. The number of hydrogen-bond donors (Lipinski definition) is 1. The van der Waals surface area contributed by atoms with E-state index < -0.39 is 17.8 Å². The molecule has 1 saturated heterocycles. The molecule has 0 aromatic heterocycles. The van der Waals surface area contributed by atoms with Crippen LogP contribution in [0.15, 0.2) is 48.5 Å². The van der Waals surface area contributed by atoms with Gasteiger partial charge >= 0.3 is 6.18 Å². The van der Waals surface area contributed by atoms with Gasteiger partial charge in [0, 0.05) is 38.4 Å². The molecule has 0 saturated carbocycles. The number of aliphatic hydroxyl groups excluding tert-OH is 1. The molecular weight excluding hydrogens is 433 g/mol. The van der Waals surface area contributed by atoms with Gasteiger partial charge in [-0.1, -0.05) is 18.2 Å². The maximum atomic E-state index is 12.9. The largest absolute Gasteiger partial charge is 0.490 e. The van der Waals surface area contributed by atoms with Gasteiger partial charge < -0.3 is 14.7 Å². The highest BCUT2D eigenvalue weighted by atomic mass is 35.5. The Labute approximate surface area is 185 Å². The van der Waals surface area contributed by atoms with E-state index in [0.29, 0.717) is 49.7 Å². The minimum atomic E-state index is -4.36. The lowest BCUT2D eigenvalue weighted by atomic mass is 10.1. The summed E-state index contributed by atoms with van der Waals surface area (Å²) in [5.41, 5.74) is 0.370. The average Bonchev–Trinajstić information content (AvgIpc) is 2.72. The zero-order valence-corrected chi connectivity index (χ0v) is 18.0. The third-order valence-electron chi connectivity index (χ3n) is 5.08. The summed E-state index contributed by atoms with van der Waals surface area (Å²) in [6.07, 6.45) is -5.10. The van der Waals surface area contributed by atoms with Gasteiger partial charge in [-0.3, -0.25) is 9.69 Å². The van der Waals surface area contributed by atoms with E-state index in [1.165, 1.54) is 19.1 Å². The first kappa shape index (κ1) is 25.0. The number of benzene rings is 2. The first-order valence-electron chi connectivity index (χ1n) is 9.79. The topological polar surface area (TPSA) is 53.0 Å². The van der Waals surface area contributed by atoms with Crippen LogP contribution in [-0.4, -0.2) is 61.2 Å². The van der Waals surface area contributed by atoms with E-state index in [9.17, 15) is 23.1 Å². The van der Waals surface area contributed by atoms with Crippen LogP contribution < -0.4 is 9.64 Å². The first-order chi connectivity index (χ1) is 14.2. The van der Waals surface area contributed by atoms with Crippen molar-refractivity contribution in [2.45, 2.75) is 19.2 Å². The molecule has 2 aromatic rings. The van der Waals surface area contributed by atoms with Crippen LogP contribution in [0.5, 0.6) is 5.75 Å². The van der Waals surface area contributed by atoms with Crippen molar-refractivity contribution in [3.63, 3.8) is 0 Å². The molecule has 9 heteroatoms. The second-order valence-corrected chi connectivity index (χ2v) is 7.35. The Morgan fingerprint density at radius 1 is 1.10 bits per heavy atom. The summed E-state index contributed by atoms with van der Waals surface area (Å²) >= 11 is 0. The lowest BCUT2D eigenvalue weighted by molar-refractivity contribution is -0.137. The molecule has 0 amide bonds. The van der Waals surface area contributed by atoms with Crippen LogP contribution in [0.25, 0.3) is 0 Å². The molecule has 0 spiro atoms. The highest BCUT2D eigenvalue weighted by Crippen LogP contribution is 2.31. The number of hydrogen-bond acceptors (Lipinski definition) is 5. The van der Waals surface area contributed by atoms with Gasteiger partial charge in [0.2, 0.25) is 0 Å². The number of ketones is 1. The van der Waals surface area contributed by atoms with Gasteiger partial charge in [0.25, 0.3) is 0 Å². The predicted molar refractivity (Wildman–Crippen MR) is 115 cm³/mol. The van der Waals surface area contributed by atoms with Crippen LogP contribution in [-0.2, 0) is 6.18 Å². The molecule has 1 heterocycles. The summed E-state index contributed by atoms with van der Waals surface area (Å²) in [6.45, 7) is 4.29. The summed E-state index contributed by atoms with van der Waals surface area (Å²) in [6, 6.07) is 12.2. The van der Waals surface area contributed by atoms with Crippen LogP contribution >= 0.6 is 12.4 Å². The van der Waals surface area contributed by atoms with Gasteiger partial charge in [-0.15, -0.1) is 12.4 Å². The zero-order chi connectivity index (χ0) is 21.7. The monoisotopic (exact) mass is 458 g/mol. The van der Waals surface area contributed by atoms with Gasteiger partial charge in [0.05, 0.1) is 11.1 Å². The first-order valence-corrected chi connectivity index (χ1v) is 9.79. The molecule has 1 unspecified atom stereocenters. The summed E-state index contributed by atoms with van der Waals surface area (Å²) < 4.78 is 44.4. The summed E-state index contributed by atoms with van der Waals surface area (Å²) in [7, 11) is 0. The number of carbonyl (C=O) groups excluding carboxylic acids is 1. The number of aliphatic hydroxyl groups is 1. The highest BCUT2D eigenvalue weighted by molar-refractivity contribution is 5.96. The van der Waals surface area contributed by atoms with E-state index in [-0.39, 0.29) is 24.8 Å². The lowest BCUT2D eigenvalue weighted by Gasteiger charge is -2.37. The standard InChI is InChI=1S/C22H25F3N2O3.ClH/c1-16(28)20-7-2-3-8-21(20)30-15-19(29)14-26-9-11-27(12-10-26)18-6-4-5-17(13-18)22(23,24)25;/h2-8,13,19,29H,9-12,14-15H2,1H3;1H. The van der Waals surface area contributed by atoms with Crippen molar-refractivity contribution in [1.29, 1.82) is 0 Å². The number of nitrogens with zero attached hydrogens (tertiary/aromatic N) is 2. The van der Waals surface area contributed by atoms with Crippen molar-refractivity contribution >= 4 is 23.9 Å². The maximum Gasteiger partial charge on any atom is 0.416 e. The Morgan fingerprint density at radius 2 is 1.77 bits per heavy atom. The maximum absolute atomic E-state index is 12.9. The number of β-amino-alcohol motifs (C(OH)–C–C–N with tert-alkyl or cyclic N) is 1. The molecule has 3 rings (SSSR count). The zero-order valence-electron chi connectivity index (χ0n) is 17.1. The fourth-order valence-corrected chi connectivity index (χ4v) is 3.49. The van der Waals surface area contributed by atoms with E-state index in [2.05, 4.69) is 4.90 Å². The Balaban J connectivity index is 0.00000341. The van der Waals surface area contributed by atoms with Crippen molar-refractivity contribution in [1.82, 2.24) is 4.90 Å². The number of Topliss-reactive ketones (excluding diaryl/α,β-unsaturated/α-hetero) is 1. The van der Waals surface area contributed by atoms with Gasteiger partial charge in [-0.25, -0.2) is 0 Å². The number of para-hydroxylation sites is 1. The molecule has 1 aliphatic rings. The Morgan fingerprint density at radius 3 is 2.42 bits per heavy atom. The molecule has 5 nitrogen and oxygen atoms in total. The van der Waals surface area contributed by atoms with E-state index in [0.717, 1.165) is 6.07 Å². The Hall–Kier alpha value is -2.29. The second-order valence-electron chi connectivity index (χ2n) is 7.35. The van der Waals surface area contributed by atoms with Gasteiger partial charge in [-0.2, -0.15) is 13.2 Å². The van der Waals surface area contributed by atoms with Gasteiger partial charge in [0.1, 0.15) is 18.5 Å². The molecular formula is C22H26ClF3N2O3. The summed E-state index contributed by atoms with van der Waals surface area (Å²) in [5.74, 6) is 0.337. The van der Waals surface area contributed by atoms with E-state index >= 15 is 0 Å². The minimum Gasteiger partial charge on any atom is -0.490 e. The number of carbonyl (C=O) groups is 1. The number of halogens is 4. The molecule has 1 fully saturated rings. The van der Waals surface area contributed by atoms with Crippen molar-refractivity contribution in [2.75, 3.05) is 44.2 Å². The van der Waals surface area contributed by atoms with Crippen LogP contribution in [0.2, 0.25) is 0 Å². The Bertz CT molecular complexity index is 871. The molecule has 1 N–H and O–H groups in total. The van der Waals surface area contributed by atoms with Crippen molar-refractivity contribution in [3.8, 4) is 5.75 Å². The molecule has 31 heavy (non-hydrogen) atoms. The van der Waals surface area contributed by atoms with Crippen LogP contribution in [0, 0.1) is 0 Å². The highest BCUT2D eigenvalue weighted by Gasteiger charge is 2.31. The number of piperazine rings is 1. The van der Waals surface area contributed by atoms with E-state index in [1.54, 1.807) is 30.3 Å².